The molecule has 3 heterocycles. The molecule has 27 heavy (non-hydrogen) atoms. The van der Waals surface area contributed by atoms with Gasteiger partial charge < -0.3 is 9.47 Å². The fraction of sp³-hybridized carbons (Fsp3) is 0.619. The Balaban J connectivity index is 1.49. The summed E-state index contributed by atoms with van der Waals surface area (Å²) in [6.07, 6.45) is 4.46. The summed E-state index contributed by atoms with van der Waals surface area (Å²) in [4.78, 5) is 7.07. The Kier molecular flexibility index (Phi) is 5.19. The summed E-state index contributed by atoms with van der Waals surface area (Å²) in [5, 5.41) is 7.62. The number of aromatic nitrogens is 3. The Morgan fingerprint density at radius 2 is 1.96 bits per heavy atom. The van der Waals surface area contributed by atoms with Crippen LogP contribution in [-0.4, -0.2) is 59.5 Å². The van der Waals surface area contributed by atoms with E-state index in [1.54, 1.807) is 0 Å². The molecule has 6 heteroatoms. The maximum absolute atomic E-state index is 6.22. The highest BCUT2D eigenvalue weighted by atomic mass is 16.5. The molecule has 2 aromatic heterocycles. The van der Waals surface area contributed by atoms with Crippen molar-refractivity contribution in [3.63, 3.8) is 0 Å². The number of hydrogen-bond acceptors (Lipinski definition) is 5. The van der Waals surface area contributed by atoms with E-state index in [2.05, 4.69) is 53.0 Å². The summed E-state index contributed by atoms with van der Waals surface area (Å²) < 4.78 is 11.6. The normalized spacial score (nSPS) is 18.6. The van der Waals surface area contributed by atoms with Crippen LogP contribution in [0.1, 0.15) is 50.8 Å². The molecule has 0 amide bonds. The molecule has 1 aliphatic heterocycles. The molecule has 0 aromatic carbocycles. The van der Waals surface area contributed by atoms with E-state index < -0.39 is 0 Å². The molecule has 1 N–H and O–H groups in total. The van der Waals surface area contributed by atoms with Crippen molar-refractivity contribution >= 4 is 0 Å². The number of rotatable bonds is 6. The number of nitrogens with zero attached hydrogens (tertiary/aromatic N) is 3. The zero-order valence-electron chi connectivity index (χ0n) is 16.6. The van der Waals surface area contributed by atoms with Crippen LogP contribution in [0.2, 0.25) is 0 Å². The van der Waals surface area contributed by atoms with Gasteiger partial charge in [-0.3, -0.25) is 15.0 Å². The number of nitrogens with one attached hydrogen (secondary N) is 1. The lowest BCUT2D eigenvalue weighted by atomic mass is 9.92. The highest BCUT2D eigenvalue weighted by Gasteiger charge is 2.28. The van der Waals surface area contributed by atoms with Crippen LogP contribution in [0.3, 0.4) is 0 Å². The Hall–Kier alpha value is -1.92. The van der Waals surface area contributed by atoms with Crippen molar-refractivity contribution in [2.75, 3.05) is 39.5 Å². The van der Waals surface area contributed by atoms with E-state index in [9.17, 15) is 0 Å². The van der Waals surface area contributed by atoms with Gasteiger partial charge in [0.25, 0.3) is 0 Å². The Labute approximate surface area is 161 Å². The lowest BCUT2D eigenvalue weighted by Gasteiger charge is -2.26. The summed E-state index contributed by atoms with van der Waals surface area (Å²) in [5.74, 6) is 1.57. The molecule has 0 atom stereocenters. The van der Waals surface area contributed by atoms with Gasteiger partial charge in [-0.15, -0.1) is 0 Å². The average Bonchev–Trinajstić information content (AvgIpc) is 3.36. The van der Waals surface area contributed by atoms with Crippen molar-refractivity contribution in [2.45, 2.75) is 44.9 Å². The second-order valence-corrected chi connectivity index (χ2v) is 8.60. The standard InChI is InChI=1S/C21H30N4O2/c1-21(2,3)20-13-18(23-24-20)17-12-19(16(14-22-17)15-4-5-15)27-11-8-25-6-9-26-10-7-25/h12-15H,4-11H2,1-3H3,(H,23,24). The SMILES string of the molecule is CC(C)(C)c1cc(-c2cc(OCCN3CCOCC3)c(C3CC3)cn2)n[nH]1. The maximum Gasteiger partial charge on any atom is 0.126 e. The van der Waals surface area contributed by atoms with Crippen molar-refractivity contribution in [2.24, 2.45) is 0 Å². The predicted octanol–water partition coefficient (Wildman–Crippen LogP) is 3.36. The molecule has 146 valence electrons. The predicted molar refractivity (Wildman–Crippen MR) is 105 cm³/mol. The zero-order chi connectivity index (χ0) is 18.9. The van der Waals surface area contributed by atoms with Crippen molar-refractivity contribution in [3.05, 3.63) is 29.6 Å². The molecule has 1 saturated heterocycles. The molecule has 6 nitrogen and oxygen atoms in total. The Morgan fingerprint density at radius 3 is 2.63 bits per heavy atom. The molecule has 0 unspecified atom stereocenters. The number of aromatic amines is 1. The van der Waals surface area contributed by atoms with E-state index >= 15 is 0 Å². The highest BCUT2D eigenvalue weighted by molar-refractivity contribution is 5.58. The minimum absolute atomic E-state index is 0.0384. The third kappa shape index (κ3) is 4.50. The smallest absolute Gasteiger partial charge is 0.126 e. The van der Waals surface area contributed by atoms with Crippen LogP contribution in [0.4, 0.5) is 0 Å². The molecule has 1 saturated carbocycles. The molecule has 0 spiro atoms. The maximum atomic E-state index is 6.22. The van der Waals surface area contributed by atoms with Crippen molar-refractivity contribution in [1.82, 2.24) is 20.1 Å². The summed E-state index contributed by atoms with van der Waals surface area (Å²) in [7, 11) is 0. The molecular formula is C21H30N4O2. The van der Waals surface area contributed by atoms with Gasteiger partial charge in [-0.1, -0.05) is 20.8 Å². The van der Waals surface area contributed by atoms with Gasteiger partial charge in [-0.2, -0.15) is 5.10 Å². The Morgan fingerprint density at radius 1 is 1.19 bits per heavy atom. The number of hydrogen-bond donors (Lipinski definition) is 1. The fourth-order valence-corrected chi connectivity index (χ4v) is 3.36. The van der Waals surface area contributed by atoms with Crippen molar-refractivity contribution in [1.29, 1.82) is 0 Å². The number of pyridine rings is 1. The van der Waals surface area contributed by atoms with E-state index in [4.69, 9.17) is 9.47 Å². The fourth-order valence-electron chi connectivity index (χ4n) is 3.36. The van der Waals surface area contributed by atoms with Crippen LogP contribution >= 0.6 is 0 Å². The monoisotopic (exact) mass is 370 g/mol. The van der Waals surface area contributed by atoms with Gasteiger partial charge in [-0.25, -0.2) is 0 Å². The van der Waals surface area contributed by atoms with Gasteiger partial charge in [0.1, 0.15) is 18.1 Å². The second-order valence-electron chi connectivity index (χ2n) is 8.60. The zero-order valence-corrected chi connectivity index (χ0v) is 16.6. The van der Waals surface area contributed by atoms with Crippen LogP contribution in [0, 0.1) is 0 Å². The molecule has 4 rings (SSSR count). The van der Waals surface area contributed by atoms with Crippen LogP contribution in [-0.2, 0) is 10.2 Å². The Bertz CT molecular complexity index is 771. The van der Waals surface area contributed by atoms with Gasteiger partial charge in [0, 0.05) is 48.6 Å². The minimum Gasteiger partial charge on any atom is -0.492 e. The number of ether oxygens (including phenoxy) is 2. The van der Waals surface area contributed by atoms with Crippen LogP contribution in [0.25, 0.3) is 11.4 Å². The lowest BCUT2D eigenvalue weighted by molar-refractivity contribution is 0.0322. The summed E-state index contributed by atoms with van der Waals surface area (Å²) in [6, 6.07) is 4.16. The highest BCUT2D eigenvalue weighted by Crippen LogP contribution is 2.44. The summed E-state index contributed by atoms with van der Waals surface area (Å²) in [6.45, 7) is 11.8. The molecule has 0 radical (unpaired) electrons. The van der Waals surface area contributed by atoms with Gasteiger partial charge in [0.05, 0.1) is 18.9 Å². The first-order valence-corrected chi connectivity index (χ1v) is 10.00. The van der Waals surface area contributed by atoms with Crippen LogP contribution in [0.15, 0.2) is 18.3 Å². The van der Waals surface area contributed by atoms with Gasteiger partial charge >= 0.3 is 0 Å². The van der Waals surface area contributed by atoms with E-state index in [1.165, 1.54) is 18.4 Å². The van der Waals surface area contributed by atoms with E-state index in [0.29, 0.717) is 12.5 Å². The lowest BCUT2D eigenvalue weighted by Crippen LogP contribution is -2.38. The third-order valence-electron chi connectivity index (χ3n) is 5.33. The molecule has 0 bridgehead atoms. The molecule has 1 aliphatic carbocycles. The summed E-state index contributed by atoms with van der Waals surface area (Å²) >= 11 is 0. The number of morpholine rings is 1. The quantitative estimate of drug-likeness (QED) is 0.845. The molecule has 2 aromatic rings. The largest absolute Gasteiger partial charge is 0.492 e. The van der Waals surface area contributed by atoms with E-state index in [-0.39, 0.29) is 5.41 Å². The summed E-state index contributed by atoms with van der Waals surface area (Å²) in [5.41, 5.74) is 4.14. The first-order chi connectivity index (χ1) is 13.0. The first-order valence-electron chi connectivity index (χ1n) is 10.00. The van der Waals surface area contributed by atoms with Crippen LogP contribution in [0.5, 0.6) is 5.75 Å². The minimum atomic E-state index is 0.0384. The van der Waals surface area contributed by atoms with Crippen LogP contribution < -0.4 is 4.74 Å². The van der Waals surface area contributed by atoms with Gasteiger partial charge in [-0.05, 0) is 24.8 Å². The molecule has 2 aliphatic rings. The molecule has 2 fully saturated rings. The molecular weight excluding hydrogens is 340 g/mol. The third-order valence-corrected chi connectivity index (χ3v) is 5.33. The second kappa shape index (κ2) is 7.60. The average molecular weight is 370 g/mol. The first kappa shape index (κ1) is 18.4. The number of H-pyrrole nitrogens is 1. The van der Waals surface area contributed by atoms with Crippen molar-refractivity contribution in [3.8, 4) is 17.1 Å². The van der Waals surface area contributed by atoms with E-state index in [1.807, 2.05) is 6.20 Å². The topological polar surface area (TPSA) is 63.3 Å². The van der Waals surface area contributed by atoms with E-state index in [0.717, 1.165) is 55.7 Å². The van der Waals surface area contributed by atoms with Crippen molar-refractivity contribution < 1.29 is 9.47 Å². The van der Waals surface area contributed by atoms with Gasteiger partial charge in [0.15, 0.2) is 0 Å². The van der Waals surface area contributed by atoms with Gasteiger partial charge in [0.2, 0.25) is 0 Å².